The molecule has 0 saturated heterocycles. The lowest BCUT2D eigenvalue weighted by Crippen LogP contribution is -2.25. The van der Waals surface area contributed by atoms with Crippen molar-refractivity contribution in [3.8, 4) is 0 Å². The zero-order valence-corrected chi connectivity index (χ0v) is 17.0. The predicted molar refractivity (Wildman–Crippen MR) is 122 cm³/mol. The zero-order chi connectivity index (χ0) is 23.4. The summed E-state index contributed by atoms with van der Waals surface area (Å²) in [6.07, 6.45) is 1.41. The van der Waals surface area contributed by atoms with E-state index < -0.39 is 21.2 Å². The molecule has 11 heteroatoms. The number of nitro benzene ring substituents is 2. The quantitative estimate of drug-likeness (QED) is 0.260. The lowest BCUT2D eigenvalue weighted by atomic mass is 10.1. The first-order valence-electron chi connectivity index (χ1n) is 9.69. The maximum Gasteiger partial charge on any atom is 0.301 e. The third kappa shape index (κ3) is 4.56. The molecule has 0 spiro atoms. The van der Waals surface area contributed by atoms with Gasteiger partial charge in [0.05, 0.1) is 45.4 Å². The molecule has 164 valence electrons. The number of aromatic nitrogens is 2. The molecule has 0 atom stereocenters. The molecular weight excluding hydrogens is 428 g/mol. The van der Waals surface area contributed by atoms with Crippen LogP contribution in [0, 0.1) is 20.2 Å². The number of hydrazone groups is 1. The number of hydrogen-bond acceptors (Lipinski definition) is 8. The monoisotopic (exact) mass is 444 g/mol. The second-order valence-electron chi connectivity index (χ2n) is 6.95. The van der Waals surface area contributed by atoms with E-state index in [0.717, 1.165) is 12.1 Å². The molecule has 3 aromatic carbocycles. The Balaban J connectivity index is 1.74. The fraction of sp³-hybridized carbons (Fsp3) is 0.0455. The number of nitro groups is 2. The Bertz CT molecular complexity index is 1450. The van der Waals surface area contributed by atoms with Crippen LogP contribution in [0.4, 0.5) is 17.1 Å². The summed E-state index contributed by atoms with van der Waals surface area (Å²) in [6, 6.07) is 19.1. The third-order valence-electron chi connectivity index (χ3n) is 4.86. The second-order valence-corrected chi connectivity index (χ2v) is 6.95. The molecular formula is C22H16N6O5. The van der Waals surface area contributed by atoms with Gasteiger partial charge in [0, 0.05) is 6.07 Å². The zero-order valence-electron chi connectivity index (χ0n) is 17.0. The van der Waals surface area contributed by atoms with Crippen molar-refractivity contribution in [3.63, 3.8) is 0 Å². The molecule has 0 aliphatic heterocycles. The highest BCUT2D eigenvalue weighted by Gasteiger charge is 2.19. The summed E-state index contributed by atoms with van der Waals surface area (Å²) in [5.41, 5.74) is 3.08. The van der Waals surface area contributed by atoms with Crippen molar-refractivity contribution in [1.29, 1.82) is 0 Å². The predicted octanol–water partition coefficient (Wildman–Crippen LogP) is 3.73. The Morgan fingerprint density at radius 2 is 1.70 bits per heavy atom. The van der Waals surface area contributed by atoms with Crippen molar-refractivity contribution in [2.75, 3.05) is 5.43 Å². The molecule has 1 heterocycles. The number of para-hydroxylation sites is 1. The van der Waals surface area contributed by atoms with Crippen LogP contribution in [0.15, 0.2) is 89.0 Å². The average Bonchev–Trinajstić information content (AvgIpc) is 2.83. The van der Waals surface area contributed by atoms with E-state index in [2.05, 4.69) is 15.5 Å². The van der Waals surface area contributed by atoms with Crippen molar-refractivity contribution < 1.29 is 9.85 Å². The van der Waals surface area contributed by atoms with E-state index in [1.54, 1.807) is 48.5 Å². The van der Waals surface area contributed by atoms with Gasteiger partial charge in [-0.1, -0.05) is 42.5 Å². The maximum absolute atomic E-state index is 12.9. The number of rotatable bonds is 7. The van der Waals surface area contributed by atoms with E-state index in [-0.39, 0.29) is 17.8 Å². The number of fused-ring (bicyclic) bond motifs is 1. The summed E-state index contributed by atoms with van der Waals surface area (Å²) < 4.78 is 1.39. The highest BCUT2D eigenvalue weighted by atomic mass is 16.6. The van der Waals surface area contributed by atoms with Crippen LogP contribution in [-0.4, -0.2) is 25.1 Å². The van der Waals surface area contributed by atoms with Crippen LogP contribution in [0.2, 0.25) is 0 Å². The van der Waals surface area contributed by atoms with E-state index >= 15 is 0 Å². The Hall–Kier alpha value is -4.93. The Kier molecular flexibility index (Phi) is 5.85. The summed E-state index contributed by atoms with van der Waals surface area (Å²) in [6.45, 7) is 0.0362. The summed E-state index contributed by atoms with van der Waals surface area (Å²) in [5, 5.41) is 27.1. The molecule has 0 aliphatic carbocycles. The third-order valence-corrected chi connectivity index (χ3v) is 4.86. The number of benzene rings is 3. The molecule has 33 heavy (non-hydrogen) atoms. The summed E-state index contributed by atoms with van der Waals surface area (Å²) in [7, 11) is 0. The summed E-state index contributed by atoms with van der Waals surface area (Å²) in [4.78, 5) is 38.1. The number of nitrogens with zero attached hydrogens (tertiary/aromatic N) is 5. The van der Waals surface area contributed by atoms with E-state index in [0.29, 0.717) is 22.2 Å². The minimum atomic E-state index is -0.731. The smallest absolute Gasteiger partial charge is 0.293 e. The molecule has 4 aromatic rings. The van der Waals surface area contributed by atoms with E-state index in [4.69, 9.17) is 0 Å². The van der Waals surface area contributed by atoms with Crippen molar-refractivity contribution in [1.82, 2.24) is 9.55 Å². The normalized spacial score (nSPS) is 11.3. The Labute approximate surface area is 185 Å². The van der Waals surface area contributed by atoms with Gasteiger partial charge in [0.25, 0.3) is 11.2 Å². The van der Waals surface area contributed by atoms with Gasteiger partial charge >= 0.3 is 5.69 Å². The van der Waals surface area contributed by atoms with Crippen LogP contribution in [0.1, 0.15) is 5.56 Å². The van der Waals surface area contributed by atoms with Gasteiger partial charge in [-0.25, -0.2) is 4.98 Å². The number of hydrogen-bond donors (Lipinski definition) is 1. The van der Waals surface area contributed by atoms with Gasteiger partial charge in [0.2, 0.25) is 0 Å². The number of non-ortho nitro benzene ring substituents is 1. The van der Waals surface area contributed by atoms with E-state index in [1.165, 1.54) is 17.0 Å². The van der Waals surface area contributed by atoms with Crippen molar-refractivity contribution in [2.24, 2.45) is 5.10 Å². The van der Waals surface area contributed by atoms with E-state index in [1.807, 2.05) is 6.07 Å². The maximum atomic E-state index is 12.9. The summed E-state index contributed by atoms with van der Waals surface area (Å²) in [5.74, 6) is 0. The number of nitrogens with one attached hydrogen (secondary N) is 1. The average molecular weight is 444 g/mol. The topological polar surface area (TPSA) is 146 Å². The largest absolute Gasteiger partial charge is 0.301 e. The molecule has 1 N–H and O–H groups in total. The van der Waals surface area contributed by atoms with Crippen molar-refractivity contribution >= 4 is 33.7 Å². The first-order chi connectivity index (χ1) is 15.9. The minimum absolute atomic E-state index is 0.0250. The minimum Gasteiger partial charge on any atom is -0.293 e. The van der Waals surface area contributed by atoms with Crippen LogP contribution in [0.5, 0.6) is 0 Å². The highest BCUT2D eigenvalue weighted by Crippen LogP contribution is 2.29. The Morgan fingerprint density at radius 3 is 2.42 bits per heavy atom. The molecule has 0 amide bonds. The van der Waals surface area contributed by atoms with Crippen LogP contribution < -0.4 is 11.0 Å². The molecule has 11 nitrogen and oxygen atoms in total. The fourth-order valence-corrected chi connectivity index (χ4v) is 3.21. The molecule has 0 saturated carbocycles. The van der Waals surface area contributed by atoms with E-state index in [9.17, 15) is 25.0 Å². The SMILES string of the molecule is O=c1c2ccccc2ncn1C/C(=N/Nc1ccc([N+](=O)[O-])cc1[N+](=O)[O-])c1ccccc1. The molecule has 4 rings (SSSR count). The Morgan fingerprint density at radius 1 is 0.970 bits per heavy atom. The molecule has 0 aliphatic rings. The van der Waals surface area contributed by atoms with Crippen LogP contribution in [0.25, 0.3) is 10.9 Å². The van der Waals surface area contributed by atoms with Gasteiger partial charge in [-0.15, -0.1) is 0 Å². The summed E-state index contributed by atoms with van der Waals surface area (Å²) >= 11 is 0. The first kappa shape index (κ1) is 21.3. The van der Waals surface area contributed by atoms with Gasteiger partial charge < -0.3 is 0 Å². The standard InChI is InChI=1S/C22H16N6O5/c29-22-17-8-4-5-9-18(17)23-14-26(22)13-20(15-6-2-1-3-7-15)25-24-19-11-10-16(27(30)31)12-21(19)28(32)33/h1-12,14,24H,13H2/b25-20-. The number of anilines is 1. The van der Waals surface area contributed by atoms with Gasteiger partial charge in [-0.2, -0.15) is 5.10 Å². The van der Waals surface area contributed by atoms with Gasteiger partial charge in [0.1, 0.15) is 5.69 Å². The molecule has 0 unspecified atom stereocenters. The van der Waals surface area contributed by atoms with Gasteiger partial charge in [-0.05, 0) is 23.8 Å². The lowest BCUT2D eigenvalue weighted by molar-refractivity contribution is -0.393. The fourth-order valence-electron chi connectivity index (χ4n) is 3.21. The van der Waals surface area contributed by atoms with Crippen LogP contribution >= 0.6 is 0 Å². The van der Waals surface area contributed by atoms with Gasteiger partial charge in [-0.3, -0.25) is 35.0 Å². The molecule has 0 bridgehead atoms. The lowest BCUT2D eigenvalue weighted by Gasteiger charge is -2.11. The molecule has 0 radical (unpaired) electrons. The molecule has 1 aromatic heterocycles. The van der Waals surface area contributed by atoms with Crippen molar-refractivity contribution in [2.45, 2.75) is 6.54 Å². The highest BCUT2D eigenvalue weighted by molar-refractivity contribution is 6.01. The molecule has 0 fully saturated rings. The van der Waals surface area contributed by atoms with Gasteiger partial charge in [0.15, 0.2) is 0 Å². The van der Waals surface area contributed by atoms with Crippen LogP contribution in [0.3, 0.4) is 0 Å². The van der Waals surface area contributed by atoms with Crippen LogP contribution in [-0.2, 0) is 6.54 Å². The first-order valence-corrected chi connectivity index (χ1v) is 9.69. The van der Waals surface area contributed by atoms with Crippen molar-refractivity contribution in [3.05, 3.63) is 115 Å². The second kappa shape index (κ2) is 9.06.